The SMILES string of the molecule is Cc1cc(N)c(Nc2cc(NCC3CCNC3)ncn2)cc1C. The number of aromatic nitrogens is 2. The predicted molar refractivity (Wildman–Crippen MR) is 95.1 cm³/mol. The van der Waals surface area contributed by atoms with Gasteiger partial charge in [0.05, 0.1) is 11.4 Å². The predicted octanol–water partition coefficient (Wildman–Crippen LogP) is 2.44. The van der Waals surface area contributed by atoms with Crippen molar-refractivity contribution in [1.82, 2.24) is 15.3 Å². The highest BCUT2D eigenvalue weighted by molar-refractivity contribution is 5.73. The molecule has 0 amide bonds. The summed E-state index contributed by atoms with van der Waals surface area (Å²) in [5.74, 6) is 2.23. The zero-order valence-corrected chi connectivity index (χ0v) is 13.7. The van der Waals surface area contributed by atoms with Crippen LogP contribution in [0.15, 0.2) is 24.5 Å². The normalized spacial score (nSPS) is 17.2. The Morgan fingerprint density at radius 3 is 2.74 bits per heavy atom. The third-order valence-electron chi connectivity index (χ3n) is 4.33. The molecular formula is C17H24N6. The van der Waals surface area contributed by atoms with Crippen LogP contribution in [-0.2, 0) is 0 Å². The monoisotopic (exact) mass is 312 g/mol. The number of hydrogen-bond acceptors (Lipinski definition) is 6. The lowest BCUT2D eigenvalue weighted by molar-refractivity contribution is 0.614. The van der Waals surface area contributed by atoms with E-state index in [0.29, 0.717) is 5.92 Å². The smallest absolute Gasteiger partial charge is 0.135 e. The number of nitrogens with zero attached hydrogens (tertiary/aromatic N) is 2. The van der Waals surface area contributed by atoms with Crippen LogP contribution in [0.1, 0.15) is 17.5 Å². The molecule has 1 atom stereocenters. The Morgan fingerprint density at radius 1 is 1.17 bits per heavy atom. The molecule has 1 aliphatic heterocycles. The first-order valence-corrected chi connectivity index (χ1v) is 8.02. The highest BCUT2D eigenvalue weighted by atomic mass is 15.1. The molecule has 23 heavy (non-hydrogen) atoms. The Bertz CT molecular complexity index is 679. The van der Waals surface area contributed by atoms with Gasteiger partial charge in [-0.15, -0.1) is 0 Å². The summed E-state index contributed by atoms with van der Waals surface area (Å²) in [5.41, 5.74) is 10.1. The second-order valence-corrected chi connectivity index (χ2v) is 6.18. The highest BCUT2D eigenvalue weighted by Gasteiger charge is 2.14. The van der Waals surface area contributed by atoms with Gasteiger partial charge in [-0.3, -0.25) is 0 Å². The molecule has 0 bridgehead atoms. The van der Waals surface area contributed by atoms with Crippen LogP contribution in [-0.4, -0.2) is 29.6 Å². The van der Waals surface area contributed by atoms with Crippen molar-refractivity contribution in [2.75, 3.05) is 36.0 Å². The number of rotatable bonds is 5. The lowest BCUT2D eigenvalue weighted by Gasteiger charge is -2.13. The summed E-state index contributed by atoms with van der Waals surface area (Å²) in [6, 6.07) is 5.94. The van der Waals surface area contributed by atoms with Crippen LogP contribution in [0.2, 0.25) is 0 Å². The van der Waals surface area contributed by atoms with Crippen molar-refractivity contribution in [3.8, 4) is 0 Å². The Balaban J connectivity index is 1.68. The third-order valence-corrected chi connectivity index (χ3v) is 4.33. The molecule has 0 aliphatic carbocycles. The van der Waals surface area contributed by atoms with Gasteiger partial charge in [0.2, 0.25) is 0 Å². The molecule has 6 nitrogen and oxygen atoms in total. The fraction of sp³-hybridized carbons (Fsp3) is 0.412. The summed E-state index contributed by atoms with van der Waals surface area (Å²) in [7, 11) is 0. The quantitative estimate of drug-likeness (QED) is 0.634. The number of anilines is 4. The number of benzene rings is 1. The average molecular weight is 312 g/mol. The van der Waals surface area contributed by atoms with Crippen LogP contribution >= 0.6 is 0 Å². The fourth-order valence-electron chi connectivity index (χ4n) is 2.74. The molecule has 2 aromatic rings. The minimum atomic E-state index is 0.664. The maximum atomic E-state index is 6.09. The van der Waals surface area contributed by atoms with Gasteiger partial charge in [-0.2, -0.15) is 0 Å². The minimum Gasteiger partial charge on any atom is -0.397 e. The summed E-state index contributed by atoms with van der Waals surface area (Å²) in [4.78, 5) is 8.56. The van der Waals surface area contributed by atoms with Crippen molar-refractivity contribution in [2.45, 2.75) is 20.3 Å². The molecule has 1 aromatic carbocycles. The van der Waals surface area contributed by atoms with Crippen LogP contribution in [0.3, 0.4) is 0 Å². The summed E-state index contributed by atoms with van der Waals surface area (Å²) >= 11 is 0. The van der Waals surface area contributed by atoms with Gasteiger partial charge in [-0.25, -0.2) is 9.97 Å². The van der Waals surface area contributed by atoms with Crippen LogP contribution in [0.4, 0.5) is 23.0 Å². The maximum Gasteiger partial charge on any atom is 0.135 e. The Hall–Kier alpha value is -2.34. The Kier molecular flexibility index (Phi) is 4.62. The molecule has 1 unspecified atom stereocenters. The summed E-state index contributed by atoms with van der Waals surface area (Å²) < 4.78 is 0. The van der Waals surface area contributed by atoms with Crippen molar-refractivity contribution in [2.24, 2.45) is 5.92 Å². The van der Waals surface area contributed by atoms with E-state index in [0.717, 1.165) is 42.6 Å². The van der Waals surface area contributed by atoms with Gasteiger partial charge < -0.3 is 21.7 Å². The van der Waals surface area contributed by atoms with Gasteiger partial charge in [0.1, 0.15) is 18.0 Å². The van der Waals surface area contributed by atoms with E-state index in [9.17, 15) is 0 Å². The maximum absolute atomic E-state index is 6.09. The van der Waals surface area contributed by atoms with Crippen molar-refractivity contribution >= 4 is 23.0 Å². The van der Waals surface area contributed by atoms with E-state index in [4.69, 9.17) is 5.73 Å². The molecular weight excluding hydrogens is 288 g/mol. The van der Waals surface area contributed by atoms with E-state index < -0.39 is 0 Å². The molecule has 6 heteroatoms. The molecule has 5 N–H and O–H groups in total. The number of nitrogens with one attached hydrogen (secondary N) is 3. The summed E-state index contributed by atoms with van der Waals surface area (Å²) in [6.45, 7) is 7.23. The average Bonchev–Trinajstić information content (AvgIpc) is 3.04. The van der Waals surface area contributed by atoms with E-state index in [2.05, 4.69) is 39.8 Å². The van der Waals surface area contributed by atoms with E-state index in [-0.39, 0.29) is 0 Å². The van der Waals surface area contributed by atoms with Gasteiger partial charge in [-0.05, 0) is 62.5 Å². The van der Waals surface area contributed by atoms with E-state index >= 15 is 0 Å². The van der Waals surface area contributed by atoms with Crippen LogP contribution in [0.5, 0.6) is 0 Å². The van der Waals surface area contributed by atoms with Gasteiger partial charge in [0, 0.05) is 12.6 Å². The zero-order chi connectivity index (χ0) is 16.2. The van der Waals surface area contributed by atoms with Gasteiger partial charge in [0.15, 0.2) is 0 Å². The summed E-state index contributed by atoms with van der Waals surface area (Å²) in [5, 5.41) is 10.0. The molecule has 0 radical (unpaired) electrons. The first kappa shape index (κ1) is 15.6. The number of aryl methyl sites for hydroxylation is 2. The lowest BCUT2D eigenvalue weighted by Crippen LogP contribution is -2.17. The van der Waals surface area contributed by atoms with Crippen molar-refractivity contribution in [1.29, 1.82) is 0 Å². The number of hydrogen-bond donors (Lipinski definition) is 4. The van der Waals surface area contributed by atoms with Crippen LogP contribution in [0.25, 0.3) is 0 Å². The van der Waals surface area contributed by atoms with Crippen molar-refractivity contribution in [3.05, 3.63) is 35.7 Å². The second kappa shape index (κ2) is 6.83. The van der Waals surface area contributed by atoms with Crippen molar-refractivity contribution < 1.29 is 0 Å². The second-order valence-electron chi connectivity index (χ2n) is 6.18. The fourth-order valence-corrected chi connectivity index (χ4v) is 2.74. The van der Waals surface area contributed by atoms with Gasteiger partial charge in [0.25, 0.3) is 0 Å². The van der Waals surface area contributed by atoms with Crippen molar-refractivity contribution in [3.63, 3.8) is 0 Å². The van der Waals surface area contributed by atoms with Crippen LogP contribution < -0.4 is 21.7 Å². The molecule has 0 spiro atoms. The molecule has 1 aromatic heterocycles. The van der Waals surface area contributed by atoms with Gasteiger partial charge >= 0.3 is 0 Å². The zero-order valence-electron chi connectivity index (χ0n) is 13.7. The third kappa shape index (κ3) is 3.90. The first-order chi connectivity index (χ1) is 11.1. The van der Waals surface area contributed by atoms with Gasteiger partial charge in [-0.1, -0.05) is 0 Å². The standard InChI is InChI=1S/C17H24N6/c1-11-5-14(18)15(6-12(11)2)23-17-7-16(21-10-22-17)20-9-13-3-4-19-8-13/h5-7,10,13,19H,3-4,8-9,18H2,1-2H3,(H2,20,21,22,23). The Labute approximate surface area is 136 Å². The number of nitrogens with two attached hydrogens (primary N) is 1. The highest BCUT2D eigenvalue weighted by Crippen LogP contribution is 2.26. The molecule has 1 aliphatic rings. The first-order valence-electron chi connectivity index (χ1n) is 8.02. The molecule has 1 saturated heterocycles. The minimum absolute atomic E-state index is 0.664. The molecule has 2 heterocycles. The lowest BCUT2D eigenvalue weighted by atomic mass is 10.1. The number of nitrogen functional groups attached to an aromatic ring is 1. The van der Waals surface area contributed by atoms with E-state index in [1.807, 2.05) is 18.2 Å². The largest absolute Gasteiger partial charge is 0.397 e. The van der Waals surface area contributed by atoms with E-state index in [1.54, 1.807) is 6.33 Å². The topological polar surface area (TPSA) is 87.9 Å². The molecule has 3 rings (SSSR count). The van der Waals surface area contributed by atoms with Crippen LogP contribution in [0, 0.1) is 19.8 Å². The molecule has 0 saturated carbocycles. The Morgan fingerprint density at radius 2 is 1.96 bits per heavy atom. The molecule has 1 fully saturated rings. The van der Waals surface area contributed by atoms with E-state index in [1.165, 1.54) is 17.5 Å². The summed E-state index contributed by atoms with van der Waals surface area (Å²) in [6.07, 6.45) is 2.77. The molecule has 122 valence electrons.